The molecule has 16 nitrogen and oxygen atoms in total. The lowest BCUT2D eigenvalue weighted by atomic mass is 10.0. The van der Waals surface area contributed by atoms with Crippen molar-refractivity contribution in [3.8, 4) is 11.8 Å². The van der Waals surface area contributed by atoms with Crippen LogP contribution in [0.15, 0.2) is 78.9 Å². The average molecular weight is 897 g/mol. The van der Waals surface area contributed by atoms with Gasteiger partial charge in [-0.05, 0) is 67.2 Å². The molecule has 5 N–H and O–H groups in total. The second kappa shape index (κ2) is 24.5. The number of alkyl carbamates (subject to hydrolysis) is 1. The van der Waals surface area contributed by atoms with E-state index in [1.165, 1.54) is 0 Å². The lowest BCUT2D eigenvalue weighted by Gasteiger charge is -2.27. The van der Waals surface area contributed by atoms with Crippen molar-refractivity contribution < 1.29 is 48.0 Å². The van der Waals surface area contributed by atoms with E-state index in [1.807, 2.05) is 84.6 Å². The highest BCUT2D eigenvalue weighted by Crippen LogP contribution is 2.33. The highest BCUT2D eigenvalue weighted by atomic mass is 32.2. The Hall–Kier alpha value is -5.61. The number of hydroxylamine groups is 1. The van der Waals surface area contributed by atoms with Crippen LogP contribution in [0, 0.1) is 11.8 Å². The second-order valence-corrected chi connectivity index (χ2v) is 16.8. The molecule has 0 aliphatic carbocycles. The van der Waals surface area contributed by atoms with E-state index in [-0.39, 0.29) is 56.3 Å². The van der Waals surface area contributed by atoms with Gasteiger partial charge in [0.15, 0.2) is 0 Å². The third-order valence-electron chi connectivity index (χ3n) is 10.9. The van der Waals surface area contributed by atoms with E-state index in [9.17, 15) is 19.2 Å². The summed E-state index contributed by atoms with van der Waals surface area (Å²) in [6.07, 6.45) is 5.65. The van der Waals surface area contributed by atoms with Gasteiger partial charge in [0, 0.05) is 54.9 Å². The van der Waals surface area contributed by atoms with Crippen LogP contribution < -0.4 is 31.6 Å². The molecular formula is C47H56N6O10S. The van der Waals surface area contributed by atoms with Gasteiger partial charge < -0.3 is 40.4 Å². The summed E-state index contributed by atoms with van der Waals surface area (Å²) < 4.78 is 16.4. The van der Waals surface area contributed by atoms with Crippen LogP contribution in [0.25, 0.3) is 5.70 Å². The first-order valence-electron chi connectivity index (χ1n) is 21.9. The number of fused-ring (bicyclic) bond motifs is 3. The Labute approximate surface area is 377 Å². The minimum absolute atomic E-state index is 0.0512. The number of para-hydroxylation sites is 1. The number of rotatable bonds is 25. The molecule has 4 heterocycles. The van der Waals surface area contributed by atoms with E-state index in [0.717, 1.165) is 53.1 Å². The summed E-state index contributed by atoms with van der Waals surface area (Å²) >= 11 is 1.90. The maximum Gasteiger partial charge on any atom is 0.407 e. The Morgan fingerprint density at radius 1 is 0.797 bits per heavy atom. The Bertz CT molecular complexity index is 2150. The fourth-order valence-corrected chi connectivity index (χ4v) is 9.14. The SMILES string of the molecule is O=C(CCCCC1SC[C@@H]2NC(=O)N[C@H]12)NCCCOCCOOCCOCCCNC(=O)OCc1ccc(C2=CC(CN3C(=O)c4ccccc4C#Cc4ccccc43)ON2)cc1. The minimum Gasteiger partial charge on any atom is -0.445 e. The zero-order valence-corrected chi connectivity index (χ0v) is 36.6. The van der Waals surface area contributed by atoms with Gasteiger partial charge in [-0.15, -0.1) is 0 Å². The number of hydrogen-bond acceptors (Lipinski definition) is 12. The van der Waals surface area contributed by atoms with Gasteiger partial charge in [0.05, 0.1) is 48.8 Å². The number of amides is 5. The fourth-order valence-electron chi connectivity index (χ4n) is 7.60. The van der Waals surface area contributed by atoms with E-state index >= 15 is 0 Å². The molecule has 64 heavy (non-hydrogen) atoms. The number of anilines is 1. The number of nitrogens with zero attached hydrogens (tertiary/aromatic N) is 1. The van der Waals surface area contributed by atoms with Crippen LogP contribution in [0.4, 0.5) is 15.3 Å². The van der Waals surface area contributed by atoms with Crippen LogP contribution >= 0.6 is 11.8 Å². The molecule has 3 aromatic rings. The number of thioether (sulfide) groups is 1. The molecule has 17 heteroatoms. The van der Waals surface area contributed by atoms with Crippen LogP contribution in [0.2, 0.25) is 0 Å². The van der Waals surface area contributed by atoms with Crippen molar-refractivity contribution in [2.45, 2.75) is 68.6 Å². The Balaban J connectivity index is 0.661. The highest BCUT2D eigenvalue weighted by molar-refractivity contribution is 8.00. The Kier molecular flexibility index (Phi) is 17.7. The van der Waals surface area contributed by atoms with Gasteiger partial charge in [-0.25, -0.2) is 19.4 Å². The molecule has 0 spiro atoms. The lowest BCUT2D eigenvalue weighted by Crippen LogP contribution is -2.39. The van der Waals surface area contributed by atoms with Gasteiger partial charge in [-0.2, -0.15) is 11.8 Å². The van der Waals surface area contributed by atoms with Crippen molar-refractivity contribution in [2.24, 2.45) is 0 Å². The molecule has 0 bridgehead atoms. The largest absolute Gasteiger partial charge is 0.445 e. The molecule has 2 fully saturated rings. The van der Waals surface area contributed by atoms with E-state index in [0.29, 0.717) is 75.2 Å². The molecule has 2 saturated heterocycles. The molecule has 5 amide bonds. The van der Waals surface area contributed by atoms with Crippen LogP contribution in [0.1, 0.15) is 71.1 Å². The van der Waals surface area contributed by atoms with E-state index in [2.05, 4.69) is 38.6 Å². The third kappa shape index (κ3) is 13.7. The first-order valence-corrected chi connectivity index (χ1v) is 23.0. The number of carbonyl (C=O) groups excluding carboxylic acids is 4. The zero-order valence-electron chi connectivity index (χ0n) is 35.8. The molecule has 0 saturated carbocycles. The number of hydrogen-bond donors (Lipinski definition) is 5. The topological polar surface area (TPSA) is 187 Å². The Morgan fingerprint density at radius 3 is 2.31 bits per heavy atom. The first-order chi connectivity index (χ1) is 31.4. The standard InChI is InChI=1S/C47H56N6O10S/c54-43(14-6-5-13-42-44-40(32-64-42)50-46(56)51-44)48-21-7-23-58-25-27-61-62-28-26-59-24-8-22-49-47(57)60-31-33-15-17-35(18-16-33)39-29-37(63-52-39)30-53-41-12-4-2-10-36(41)20-19-34-9-1-3-11-38(34)45(53)55/h1-4,9-12,15-18,29,37,40,42,44,52H,5-8,13-14,21-28,30-32H2,(H,48,54)(H,49,57)(H2,50,51,56)/t37?,40-,42?,44-/m0/s1. The van der Waals surface area contributed by atoms with E-state index in [4.69, 9.17) is 28.8 Å². The van der Waals surface area contributed by atoms with Crippen molar-refractivity contribution in [2.75, 3.05) is 69.9 Å². The van der Waals surface area contributed by atoms with Crippen LogP contribution in [0.3, 0.4) is 0 Å². The van der Waals surface area contributed by atoms with Gasteiger partial charge >= 0.3 is 12.1 Å². The summed E-state index contributed by atoms with van der Waals surface area (Å²) in [5.41, 5.74) is 8.24. The van der Waals surface area contributed by atoms with Gasteiger partial charge in [-0.1, -0.05) is 66.8 Å². The fraction of sp³-hybridized carbons (Fsp3) is 0.447. The molecule has 3 aromatic carbocycles. The summed E-state index contributed by atoms with van der Waals surface area (Å²) in [6.45, 7) is 3.55. The molecule has 4 atom stereocenters. The quantitative estimate of drug-likeness (QED) is 0.0257. The van der Waals surface area contributed by atoms with Crippen molar-refractivity contribution in [3.05, 3.63) is 107 Å². The number of ether oxygens (including phenoxy) is 3. The molecule has 340 valence electrons. The summed E-state index contributed by atoms with van der Waals surface area (Å²) in [5.74, 6) is 7.23. The van der Waals surface area contributed by atoms with Gasteiger partial charge in [-0.3, -0.25) is 19.9 Å². The van der Waals surface area contributed by atoms with Crippen LogP contribution in [0.5, 0.6) is 0 Å². The summed E-state index contributed by atoms with van der Waals surface area (Å²) in [6, 6.07) is 23.0. The molecule has 0 aromatic heterocycles. The highest BCUT2D eigenvalue weighted by Gasteiger charge is 2.42. The number of unbranched alkanes of at least 4 members (excludes halogenated alkanes) is 1. The molecule has 4 aliphatic rings. The van der Waals surface area contributed by atoms with Crippen molar-refractivity contribution in [1.82, 2.24) is 26.7 Å². The van der Waals surface area contributed by atoms with E-state index < -0.39 is 12.2 Å². The number of nitrogens with one attached hydrogen (secondary N) is 5. The second-order valence-electron chi connectivity index (χ2n) is 15.6. The number of urea groups is 1. The summed E-state index contributed by atoms with van der Waals surface area (Å²) in [7, 11) is 0. The van der Waals surface area contributed by atoms with Gasteiger partial charge in [0.2, 0.25) is 5.91 Å². The lowest BCUT2D eigenvalue weighted by molar-refractivity contribution is -0.303. The molecule has 7 rings (SSSR count). The van der Waals surface area contributed by atoms with Crippen LogP contribution in [-0.2, 0) is 40.2 Å². The smallest absolute Gasteiger partial charge is 0.407 e. The zero-order chi connectivity index (χ0) is 44.4. The van der Waals surface area contributed by atoms with Gasteiger partial charge in [0.25, 0.3) is 5.91 Å². The maximum atomic E-state index is 13.8. The predicted molar refractivity (Wildman–Crippen MR) is 241 cm³/mol. The van der Waals surface area contributed by atoms with E-state index in [1.54, 1.807) is 11.0 Å². The molecule has 2 unspecified atom stereocenters. The van der Waals surface area contributed by atoms with Crippen molar-refractivity contribution in [3.63, 3.8) is 0 Å². The molecule has 4 aliphatic heterocycles. The number of carbonyl (C=O) groups is 4. The normalized spacial score (nSPS) is 19.4. The number of benzene rings is 3. The van der Waals surface area contributed by atoms with Crippen LogP contribution in [-0.4, -0.2) is 112 Å². The summed E-state index contributed by atoms with van der Waals surface area (Å²) in [5, 5.41) is 12.0. The first kappa shape index (κ1) is 46.4. The molecular weight excluding hydrogens is 841 g/mol. The molecule has 0 radical (unpaired) electrons. The van der Waals surface area contributed by atoms with Crippen molar-refractivity contribution >= 4 is 47.1 Å². The minimum atomic E-state index is -0.516. The monoisotopic (exact) mass is 896 g/mol. The van der Waals surface area contributed by atoms with Gasteiger partial charge in [0.1, 0.15) is 25.9 Å². The van der Waals surface area contributed by atoms with Crippen molar-refractivity contribution in [1.29, 1.82) is 0 Å². The maximum absolute atomic E-state index is 13.8. The average Bonchev–Trinajstić information content (AvgIpc) is 4.04. The third-order valence-corrected chi connectivity index (χ3v) is 12.4. The summed E-state index contributed by atoms with van der Waals surface area (Å²) in [4.78, 5) is 67.5. The Morgan fingerprint density at radius 2 is 1.52 bits per heavy atom. The predicted octanol–water partition coefficient (Wildman–Crippen LogP) is 4.82.